The second-order valence-corrected chi connectivity index (χ2v) is 16.0. The minimum absolute atomic E-state index is 0.312. The number of hydrogen-bond donors (Lipinski definition) is 2. The van der Waals surface area contributed by atoms with Gasteiger partial charge in [-0.05, 0) is 61.3 Å². The molecular formula is C31H40BrN10O3P. The number of nitrogens with one attached hydrogen (secondary N) is 2. The Morgan fingerprint density at radius 3 is 2.35 bits per heavy atom. The predicted octanol–water partition coefficient (Wildman–Crippen LogP) is 4.55. The van der Waals surface area contributed by atoms with Crippen molar-refractivity contribution in [2.45, 2.75) is 18.9 Å². The van der Waals surface area contributed by atoms with E-state index in [0.717, 1.165) is 57.9 Å². The highest BCUT2D eigenvalue weighted by Crippen LogP contribution is 2.42. The Balaban J connectivity index is 1.23. The lowest BCUT2D eigenvalue weighted by Crippen LogP contribution is -2.52. The highest BCUT2D eigenvalue weighted by atomic mass is 79.9. The maximum Gasteiger partial charge on any atom is 0.239 e. The summed E-state index contributed by atoms with van der Waals surface area (Å²) in [4.78, 5) is 30.2. The summed E-state index contributed by atoms with van der Waals surface area (Å²) in [6, 6.07) is 6.16. The second-order valence-electron chi connectivity index (χ2n) is 12.0. The highest BCUT2D eigenvalue weighted by Gasteiger charge is 2.29. The zero-order chi connectivity index (χ0) is 32.4. The molecule has 6 rings (SSSR count). The first-order valence-corrected chi connectivity index (χ1v) is 18.7. The molecular weight excluding hydrogens is 671 g/mol. The van der Waals surface area contributed by atoms with Crippen molar-refractivity contribution in [3.63, 3.8) is 0 Å². The number of anilines is 5. The molecule has 3 aromatic heterocycles. The number of nitrogens with zero attached hydrogens (tertiary/aromatic N) is 8. The number of hydrogen-bond acceptors (Lipinski definition) is 13. The van der Waals surface area contributed by atoms with Crippen LogP contribution in [0.15, 0.2) is 41.3 Å². The van der Waals surface area contributed by atoms with E-state index in [4.69, 9.17) is 19.4 Å². The van der Waals surface area contributed by atoms with Crippen molar-refractivity contribution in [1.29, 1.82) is 0 Å². The highest BCUT2D eigenvalue weighted by molar-refractivity contribution is 9.10. The Morgan fingerprint density at radius 1 is 0.913 bits per heavy atom. The number of pyridine rings is 1. The zero-order valence-corrected chi connectivity index (χ0v) is 29.3. The minimum atomic E-state index is -2.76. The average Bonchev–Trinajstić information content (AvgIpc) is 3.06. The first-order chi connectivity index (χ1) is 22.1. The fraction of sp³-hybridized carbons (Fsp3) is 0.452. The van der Waals surface area contributed by atoms with Crippen LogP contribution in [-0.2, 0) is 4.57 Å². The van der Waals surface area contributed by atoms with E-state index in [1.165, 1.54) is 0 Å². The third kappa shape index (κ3) is 6.90. The van der Waals surface area contributed by atoms with Crippen molar-refractivity contribution in [2.75, 3.05) is 89.4 Å². The van der Waals surface area contributed by atoms with Crippen molar-refractivity contribution in [1.82, 2.24) is 34.7 Å². The van der Waals surface area contributed by atoms with Gasteiger partial charge in [0, 0.05) is 70.0 Å². The smallest absolute Gasteiger partial charge is 0.239 e. The van der Waals surface area contributed by atoms with E-state index in [1.54, 1.807) is 46.1 Å². The van der Waals surface area contributed by atoms with Crippen LogP contribution in [0.5, 0.6) is 11.6 Å². The molecule has 2 saturated heterocycles. The molecule has 0 bridgehead atoms. The maximum absolute atomic E-state index is 13.4. The summed E-state index contributed by atoms with van der Waals surface area (Å²) in [6.07, 6.45) is 7.03. The third-order valence-corrected chi connectivity index (χ3v) is 10.7. The first-order valence-electron chi connectivity index (χ1n) is 15.3. The Hall–Kier alpha value is -3.58. The topological polar surface area (TPSA) is 134 Å². The molecule has 0 unspecified atom stereocenters. The van der Waals surface area contributed by atoms with E-state index in [2.05, 4.69) is 63.3 Å². The second kappa shape index (κ2) is 13.6. The molecule has 0 radical (unpaired) electrons. The lowest BCUT2D eigenvalue weighted by molar-refractivity contribution is 0.0980. The normalized spacial score (nSPS) is 16.9. The van der Waals surface area contributed by atoms with Crippen LogP contribution in [0.4, 0.5) is 29.0 Å². The van der Waals surface area contributed by atoms with Gasteiger partial charge in [0.1, 0.15) is 24.2 Å². The summed E-state index contributed by atoms with van der Waals surface area (Å²) in [5.41, 5.74) is 2.47. The molecule has 5 heterocycles. The Bertz CT molecular complexity index is 1760. The number of likely N-dealkylation sites (N-methyl/N-ethyl adjacent to an activating group) is 1. The van der Waals surface area contributed by atoms with Crippen LogP contribution in [0.1, 0.15) is 12.8 Å². The summed E-state index contributed by atoms with van der Waals surface area (Å²) in [6.45, 7) is 9.73. The van der Waals surface area contributed by atoms with E-state index in [1.807, 2.05) is 18.2 Å². The number of aromatic nitrogens is 5. The van der Waals surface area contributed by atoms with E-state index >= 15 is 0 Å². The van der Waals surface area contributed by atoms with Gasteiger partial charge in [-0.2, -0.15) is 9.97 Å². The van der Waals surface area contributed by atoms with Crippen LogP contribution < -0.4 is 30.3 Å². The number of fused-ring (bicyclic) bond motifs is 1. The van der Waals surface area contributed by atoms with Gasteiger partial charge in [-0.1, -0.05) is 0 Å². The van der Waals surface area contributed by atoms with Crippen LogP contribution in [0, 0.1) is 0 Å². The van der Waals surface area contributed by atoms with Crippen molar-refractivity contribution in [2.24, 2.45) is 0 Å². The zero-order valence-electron chi connectivity index (χ0n) is 26.8. The monoisotopic (exact) mass is 710 g/mol. The van der Waals surface area contributed by atoms with Gasteiger partial charge >= 0.3 is 0 Å². The lowest BCUT2D eigenvalue weighted by atomic mass is 10.0. The van der Waals surface area contributed by atoms with E-state index in [-0.39, 0.29) is 0 Å². The SMILES string of the molecule is COc1cc(Nc2ncc(Br)c(Nc3ccc4nccnc4c3P(C)(C)=O)n2)c(OC)nc1N1CCC(N2CCN(C)CC2)CC1. The molecule has 15 heteroatoms. The van der Waals surface area contributed by atoms with E-state index < -0.39 is 7.14 Å². The van der Waals surface area contributed by atoms with Crippen LogP contribution in [-0.4, -0.2) is 115 Å². The number of halogens is 1. The van der Waals surface area contributed by atoms with Gasteiger partial charge in [-0.25, -0.2) is 4.98 Å². The largest absolute Gasteiger partial charge is 0.493 e. The summed E-state index contributed by atoms with van der Waals surface area (Å²) < 4.78 is 25.6. The molecule has 13 nitrogen and oxygen atoms in total. The molecule has 46 heavy (non-hydrogen) atoms. The average molecular weight is 712 g/mol. The molecule has 2 aliphatic rings. The van der Waals surface area contributed by atoms with Gasteiger partial charge in [0.15, 0.2) is 11.6 Å². The predicted molar refractivity (Wildman–Crippen MR) is 187 cm³/mol. The third-order valence-electron chi connectivity index (χ3n) is 8.56. The summed E-state index contributed by atoms with van der Waals surface area (Å²) in [7, 11) is 2.68. The number of rotatable bonds is 9. The maximum atomic E-state index is 13.4. The van der Waals surface area contributed by atoms with Gasteiger partial charge in [0.25, 0.3) is 0 Å². The fourth-order valence-corrected chi connectivity index (χ4v) is 7.83. The molecule has 2 aliphatic heterocycles. The van der Waals surface area contributed by atoms with Crippen LogP contribution >= 0.6 is 23.1 Å². The molecule has 0 atom stereocenters. The van der Waals surface area contributed by atoms with Gasteiger partial charge in [0.05, 0.1) is 35.2 Å². The van der Waals surface area contributed by atoms with Gasteiger partial charge in [-0.15, -0.1) is 0 Å². The summed E-state index contributed by atoms with van der Waals surface area (Å²) >= 11 is 3.55. The fourth-order valence-electron chi connectivity index (χ4n) is 6.15. The van der Waals surface area contributed by atoms with Crippen LogP contribution in [0.3, 0.4) is 0 Å². The van der Waals surface area contributed by atoms with Gasteiger partial charge in [-0.3, -0.25) is 14.9 Å². The van der Waals surface area contributed by atoms with Crippen molar-refractivity contribution in [3.05, 3.63) is 41.3 Å². The molecule has 4 aromatic rings. The van der Waals surface area contributed by atoms with Crippen LogP contribution in [0.2, 0.25) is 0 Å². The standard InChI is InChI=1S/C31H40BrN10O3P/c1-40-14-16-41(17-15-40)20-8-12-42(13-9-20)29-25(44-2)18-24(30(39-29)45-3)37-31-35-19-21(32)28(38-31)36-23-7-6-22-26(34-11-10-33-22)27(23)46(4,5)43/h6-7,10-11,18-20H,8-9,12-17H2,1-5H3,(H2,35,36,37,38). The molecule has 0 aliphatic carbocycles. The quantitative estimate of drug-likeness (QED) is 0.236. The molecule has 0 saturated carbocycles. The Kier molecular flexibility index (Phi) is 9.60. The number of benzene rings is 1. The summed E-state index contributed by atoms with van der Waals surface area (Å²) in [5, 5.41) is 7.20. The van der Waals surface area contributed by atoms with Crippen molar-refractivity contribution >= 4 is 68.4 Å². The molecule has 1 aromatic carbocycles. The van der Waals surface area contributed by atoms with E-state index in [9.17, 15) is 4.57 Å². The number of methoxy groups -OCH3 is 2. The number of piperidine rings is 1. The van der Waals surface area contributed by atoms with Crippen LogP contribution in [0.25, 0.3) is 11.0 Å². The summed E-state index contributed by atoms with van der Waals surface area (Å²) in [5.74, 6) is 2.60. The first kappa shape index (κ1) is 32.4. The molecule has 244 valence electrons. The Labute approximate surface area is 277 Å². The molecule has 0 amide bonds. The number of piperazine rings is 1. The molecule has 2 fully saturated rings. The van der Waals surface area contributed by atoms with Gasteiger partial charge in [0.2, 0.25) is 11.8 Å². The molecule has 0 spiro atoms. The Morgan fingerprint density at radius 2 is 1.65 bits per heavy atom. The minimum Gasteiger partial charge on any atom is -0.493 e. The van der Waals surface area contributed by atoms with Crippen molar-refractivity contribution in [3.8, 4) is 11.6 Å². The van der Waals surface area contributed by atoms with Crippen molar-refractivity contribution < 1.29 is 14.0 Å². The van der Waals surface area contributed by atoms with Gasteiger partial charge < -0.3 is 34.5 Å². The number of ether oxygens (including phenoxy) is 2. The lowest BCUT2D eigenvalue weighted by Gasteiger charge is -2.42. The van der Waals surface area contributed by atoms with E-state index in [0.29, 0.717) is 61.6 Å². The molecule has 2 N–H and O–H groups in total.